The van der Waals surface area contributed by atoms with Crippen LogP contribution in [0.1, 0.15) is 73.2 Å². The summed E-state index contributed by atoms with van der Waals surface area (Å²) in [5.41, 5.74) is 2.78. The molecule has 2 N–H and O–H groups in total. The van der Waals surface area contributed by atoms with E-state index in [1.54, 1.807) is 11.0 Å². The van der Waals surface area contributed by atoms with Gasteiger partial charge in [0.15, 0.2) is 5.96 Å². The highest BCUT2D eigenvalue weighted by molar-refractivity contribution is 6.00. The fourth-order valence-corrected chi connectivity index (χ4v) is 4.82. The second-order valence-corrected chi connectivity index (χ2v) is 10.4. The number of carbonyl (C=O) groups is 2. The summed E-state index contributed by atoms with van der Waals surface area (Å²) in [6.45, 7) is 8.11. The molecule has 2 amide bonds. The Bertz CT molecular complexity index is 1250. The van der Waals surface area contributed by atoms with Gasteiger partial charge >= 0.3 is 0 Å². The van der Waals surface area contributed by atoms with Gasteiger partial charge in [-0.15, -0.1) is 0 Å². The maximum Gasteiger partial charge on any atom is 0.254 e. The number of amides is 2. The van der Waals surface area contributed by atoms with Gasteiger partial charge in [0.05, 0.1) is 18.5 Å². The molecule has 3 aromatic rings. The molecular weight excluding hydrogens is 460 g/mol. The van der Waals surface area contributed by atoms with Crippen LogP contribution in [0.5, 0.6) is 0 Å². The molecular formula is C31H36N4O2. The van der Waals surface area contributed by atoms with Crippen molar-refractivity contribution in [3.8, 4) is 0 Å². The molecule has 0 radical (unpaired) electrons. The average Bonchev–Trinajstić information content (AvgIpc) is 2.90. The zero-order valence-electron chi connectivity index (χ0n) is 22.2. The van der Waals surface area contributed by atoms with Gasteiger partial charge in [-0.2, -0.15) is 0 Å². The summed E-state index contributed by atoms with van der Waals surface area (Å²) in [6.07, 6.45) is 0.284. The first-order valence-electron chi connectivity index (χ1n) is 12.8. The molecule has 37 heavy (non-hydrogen) atoms. The van der Waals surface area contributed by atoms with E-state index in [0.717, 1.165) is 16.7 Å². The predicted octanol–water partition coefficient (Wildman–Crippen LogP) is 5.78. The third kappa shape index (κ3) is 5.29. The Morgan fingerprint density at radius 3 is 2.05 bits per heavy atom. The Hall–Kier alpha value is -3.93. The first-order valence-corrected chi connectivity index (χ1v) is 12.8. The third-order valence-electron chi connectivity index (χ3n) is 7.71. The van der Waals surface area contributed by atoms with E-state index in [9.17, 15) is 9.59 Å². The Kier molecular flexibility index (Phi) is 7.48. The zero-order valence-corrected chi connectivity index (χ0v) is 22.2. The molecule has 4 rings (SSSR count). The summed E-state index contributed by atoms with van der Waals surface area (Å²) in [7, 11) is 1.81. The average molecular weight is 497 g/mol. The summed E-state index contributed by atoms with van der Waals surface area (Å²) in [6, 6.07) is 26.4. The van der Waals surface area contributed by atoms with Crippen LogP contribution < -0.4 is 5.32 Å². The minimum Gasteiger partial charge on any atom is -0.350 e. The molecule has 3 atom stereocenters. The first kappa shape index (κ1) is 26.1. The maximum absolute atomic E-state index is 13.6. The first-order chi connectivity index (χ1) is 17.6. The van der Waals surface area contributed by atoms with Crippen LogP contribution in [0.3, 0.4) is 0 Å². The number of nitrogens with one attached hydrogen (secondary N) is 2. The molecule has 192 valence electrons. The standard InChI is InChI=1S/C31H36N4O2/c1-21(2)31(4)20-27(36)35(30(32)33-31)28(24-15-10-7-11-16-24)25-17-12-18-26(19-25)29(37)34(5)22(3)23-13-8-6-9-14-23/h6-19,21-22,28H,20H2,1-5H3,(H2,32,33)/t22-,28?,31-/m0/s1. The van der Waals surface area contributed by atoms with Gasteiger partial charge in [0, 0.05) is 18.2 Å². The summed E-state index contributed by atoms with van der Waals surface area (Å²) in [5, 5.41) is 12.1. The van der Waals surface area contributed by atoms with Crippen molar-refractivity contribution in [2.45, 2.75) is 51.7 Å². The lowest BCUT2D eigenvalue weighted by Gasteiger charge is -2.45. The van der Waals surface area contributed by atoms with Gasteiger partial charge in [-0.25, -0.2) is 0 Å². The van der Waals surface area contributed by atoms with E-state index in [-0.39, 0.29) is 36.2 Å². The van der Waals surface area contributed by atoms with E-state index in [1.165, 1.54) is 4.90 Å². The monoisotopic (exact) mass is 496 g/mol. The highest BCUT2D eigenvalue weighted by Crippen LogP contribution is 2.35. The minimum atomic E-state index is -0.532. The van der Waals surface area contributed by atoms with Gasteiger partial charge in [0.25, 0.3) is 5.91 Å². The van der Waals surface area contributed by atoms with Crippen LogP contribution in [0.15, 0.2) is 84.9 Å². The summed E-state index contributed by atoms with van der Waals surface area (Å²) >= 11 is 0. The minimum absolute atomic E-state index is 0.0767. The van der Waals surface area contributed by atoms with E-state index in [1.807, 2.05) is 99.8 Å². The molecule has 6 nitrogen and oxygen atoms in total. The van der Waals surface area contributed by atoms with Gasteiger partial charge in [-0.1, -0.05) is 86.6 Å². The van der Waals surface area contributed by atoms with E-state index >= 15 is 0 Å². The molecule has 0 bridgehead atoms. The Balaban J connectivity index is 1.70. The van der Waals surface area contributed by atoms with Gasteiger partial charge in [0.1, 0.15) is 0 Å². The number of hydrogen-bond acceptors (Lipinski definition) is 3. The lowest BCUT2D eigenvalue weighted by Crippen LogP contribution is -2.63. The van der Waals surface area contributed by atoms with Crippen molar-refractivity contribution in [2.75, 3.05) is 7.05 Å². The molecule has 0 saturated carbocycles. The number of rotatable bonds is 7. The summed E-state index contributed by atoms with van der Waals surface area (Å²) in [5.74, 6) is 0.0426. The fourth-order valence-electron chi connectivity index (χ4n) is 4.82. The molecule has 1 unspecified atom stereocenters. The second-order valence-electron chi connectivity index (χ2n) is 10.4. The van der Waals surface area contributed by atoms with Crippen LogP contribution in [0.4, 0.5) is 0 Å². The van der Waals surface area contributed by atoms with E-state index in [4.69, 9.17) is 5.41 Å². The van der Waals surface area contributed by atoms with Crippen LogP contribution in [-0.2, 0) is 4.79 Å². The Labute approximate surface area is 219 Å². The Morgan fingerprint density at radius 1 is 0.919 bits per heavy atom. The largest absolute Gasteiger partial charge is 0.350 e. The molecule has 0 aliphatic carbocycles. The number of guanidine groups is 1. The maximum atomic E-state index is 13.6. The van der Waals surface area contributed by atoms with Crippen molar-refractivity contribution in [3.63, 3.8) is 0 Å². The third-order valence-corrected chi connectivity index (χ3v) is 7.71. The van der Waals surface area contributed by atoms with Crippen molar-refractivity contribution in [2.24, 2.45) is 5.92 Å². The predicted molar refractivity (Wildman–Crippen MR) is 147 cm³/mol. The molecule has 1 saturated heterocycles. The quantitative estimate of drug-likeness (QED) is 0.435. The van der Waals surface area contributed by atoms with Crippen molar-refractivity contribution >= 4 is 17.8 Å². The van der Waals surface area contributed by atoms with Crippen LogP contribution in [0, 0.1) is 11.3 Å². The molecule has 1 aliphatic heterocycles. The van der Waals surface area contributed by atoms with Gasteiger partial charge in [-0.05, 0) is 48.6 Å². The SMILES string of the molecule is CC(C)[C@]1(C)CC(=O)N(C(c2ccccc2)c2cccc(C(=O)N(C)[C@@H](C)c3ccccc3)c2)C(=N)N1. The van der Waals surface area contributed by atoms with E-state index in [0.29, 0.717) is 5.56 Å². The van der Waals surface area contributed by atoms with Crippen molar-refractivity contribution in [1.29, 1.82) is 5.41 Å². The smallest absolute Gasteiger partial charge is 0.254 e. The van der Waals surface area contributed by atoms with Crippen LogP contribution >= 0.6 is 0 Å². The molecule has 1 heterocycles. The second kappa shape index (κ2) is 10.6. The fraction of sp³-hybridized carbons (Fsp3) is 0.323. The molecule has 0 spiro atoms. The van der Waals surface area contributed by atoms with Crippen LogP contribution in [0.2, 0.25) is 0 Å². The number of benzene rings is 3. The molecule has 3 aromatic carbocycles. The van der Waals surface area contributed by atoms with Crippen LogP contribution in [-0.4, -0.2) is 40.2 Å². The molecule has 1 fully saturated rings. The lowest BCUT2D eigenvalue weighted by atomic mass is 9.82. The lowest BCUT2D eigenvalue weighted by molar-refractivity contribution is -0.132. The van der Waals surface area contributed by atoms with Crippen LogP contribution in [0.25, 0.3) is 0 Å². The van der Waals surface area contributed by atoms with Gasteiger partial charge in [0.2, 0.25) is 5.91 Å². The molecule has 0 aromatic heterocycles. The van der Waals surface area contributed by atoms with Gasteiger partial charge in [-0.3, -0.25) is 19.9 Å². The summed E-state index contributed by atoms with van der Waals surface area (Å²) < 4.78 is 0. The summed E-state index contributed by atoms with van der Waals surface area (Å²) in [4.78, 5) is 30.3. The molecule has 1 aliphatic rings. The highest BCUT2D eigenvalue weighted by Gasteiger charge is 2.43. The molecule has 6 heteroatoms. The topological polar surface area (TPSA) is 76.5 Å². The van der Waals surface area contributed by atoms with Gasteiger partial charge < -0.3 is 10.2 Å². The van der Waals surface area contributed by atoms with E-state index < -0.39 is 11.6 Å². The number of carbonyl (C=O) groups excluding carboxylic acids is 2. The van der Waals surface area contributed by atoms with Crippen molar-refractivity contribution in [3.05, 3.63) is 107 Å². The van der Waals surface area contributed by atoms with E-state index in [2.05, 4.69) is 19.2 Å². The van der Waals surface area contributed by atoms with Crippen molar-refractivity contribution in [1.82, 2.24) is 15.1 Å². The number of nitrogens with zero attached hydrogens (tertiary/aromatic N) is 2. The highest BCUT2D eigenvalue weighted by atomic mass is 16.2. The zero-order chi connectivity index (χ0) is 26.7. The van der Waals surface area contributed by atoms with Crippen molar-refractivity contribution < 1.29 is 9.59 Å². The number of hydrogen-bond donors (Lipinski definition) is 2. The normalized spacial score (nSPS) is 19.4. The Morgan fingerprint density at radius 2 is 1.49 bits per heavy atom.